The van der Waals surface area contributed by atoms with Crippen molar-refractivity contribution in [1.82, 2.24) is 0 Å². The molecule has 3 nitrogen and oxygen atoms in total. The quantitative estimate of drug-likeness (QED) is 0.540. The first-order valence-electron chi connectivity index (χ1n) is 6.18. The first-order chi connectivity index (χ1) is 7.27. The van der Waals surface area contributed by atoms with Gasteiger partial charge in [-0.1, -0.05) is 13.3 Å². The van der Waals surface area contributed by atoms with Crippen LogP contribution in [0.3, 0.4) is 0 Å². The van der Waals surface area contributed by atoms with Crippen molar-refractivity contribution in [2.45, 2.75) is 52.0 Å². The minimum absolute atomic E-state index is 0.322. The standard InChI is InChI=1S/C12H27NO2/c1-3-4-8-14-10-11-15-9-6-5-7-12(2)13/h12H,3-11,13H2,1-2H3. The van der Waals surface area contributed by atoms with Gasteiger partial charge in [-0.25, -0.2) is 0 Å². The van der Waals surface area contributed by atoms with E-state index in [1.165, 1.54) is 6.42 Å². The van der Waals surface area contributed by atoms with E-state index in [-0.39, 0.29) is 0 Å². The molecule has 0 aliphatic rings. The van der Waals surface area contributed by atoms with E-state index < -0.39 is 0 Å². The number of hydrogen-bond donors (Lipinski definition) is 1. The van der Waals surface area contributed by atoms with Gasteiger partial charge < -0.3 is 15.2 Å². The van der Waals surface area contributed by atoms with E-state index in [1.807, 2.05) is 6.92 Å². The SMILES string of the molecule is CCCCOCCOCCCCC(C)N. The van der Waals surface area contributed by atoms with Gasteiger partial charge in [0.25, 0.3) is 0 Å². The van der Waals surface area contributed by atoms with Crippen LogP contribution >= 0.6 is 0 Å². The summed E-state index contributed by atoms with van der Waals surface area (Å²) in [4.78, 5) is 0. The summed E-state index contributed by atoms with van der Waals surface area (Å²) in [5.74, 6) is 0. The fourth-order valence-electron chi connectivity index (χ4n) is 1.24. The molecule has 0 amide bonds. The van der Waals surface area contributed by atoms with Crippen molar-refractivity contribution in [2.75, 3.05) is 26.4 Å². The van der Waals surface area contributed by atoms with E-state index in [4.69, 9.17) is 15.2 Å². The van der Waals surface area contributed by atoms with Gasteiger partial charge in [0.15, 0.2) is 0 Å². The lowest BCUT2D eigenvalue weighted by Crippen LogP contribution is -2.14. The predicted molar refractivity (Wildman–Crippen MR) is 64.0 cm³/mol. The van der Waals surface area contributed by atoms with E-state index in [0.29, 0.717) is 6.04 Å². The second-order valence-corrected chi connectivity index (χ2v) is 4.05. The van der Waals surface area contributed by atoms with Crippen molar-refractivity contribution in [3.8, 4) is 0 Å². The smallest absolute Gasteiger partial charge is 0.0700 e. The Hall–Kier alpha value is -0.120. The maximum Gasteiger partial charge on any atom is 0.0700 e. The zero-order valence-electron chi connectivity index (χ0n) is 10.3. The normalized spacial score (nSPS) is 13.0. The molecule has 0 aromatic rings. The van der Waals surface area contributed by atoms with Crippen molar-refractivity contribution >= 4 is 0 Å². The summed E-state index contributed by atoms with van der Waals surface area (Å²) in [5.41, 5.74) is 5.64. The summed E-state index contributed by atoms with van der Waals surface area (Å²) in [5, 5.41) is 0. The molecule has 0 spiro atoms. The van der Waals surface area contributed by atoms with Crippen LogP contribution in [0.4, 0.5) is 0 Å². The Morgan fingerprint density at radius 1 is 0.933 bits per heavy atom. The second kappa shape index (κ2) is 12.0. The van der Waals surface area contributed by atoms with Gasteiger partial charge in [0.05, 0.1) is 13.2 Å². The Balaban J connectivity index is 2.87. The molecule has 0 aromatic heterocycles. The minimum atomic E-state index is 0.322. The van der Waals surface area contributed by atoms with Crippen molar-refractivity contribution in [1.29, 1.82) is 0 Å². The van der Waals surface area contributed by atoms with Crippen LogP contribution in [0.1, 0.15) is 46.0 Å². The highest BCUT2D eigenvalue weighted by Gasteiger charge is 1.94. The largest absolute Gasteiger partial charge is 0.379 e. The van der Waals surface area contributed by atoms with E-state index in [9.17, 15) is 0 Å². The molecule has 0 rings (SSSR count). The Morgan fingerprint density at radius 3 is 2.07 bits per heavy atom. The summed E-state index contributed by atoms with van der Waals surface area (Å²) in [6.07, 6.45) is 5.70. The van der Waals surface area contributed by atoms with Gasteiger partial charge in [0.1, 0.15) is 0 Å². The maximum atomic E-state index is 5.64. The lowest BCUT2D eigenvalue weighted by atomic mass is 10.1. The zero-order valence-corrected chi connectivity index (χ0v) is 10.3. The van der Waals surface area contributed by atoms with Gasteiger partial charge in [-0.2, -0.15) is 0 Å². The molecule has 0 aliphatic heterocycles. The molecule has 15 heavy (non-hydrogen) atoms. The van der Waals surface area contributed by atoms with E-state index in [2.05, 4.69) is 6.92 Å². The summed E-state index contributed by atoms with van der Waals surface area (Å²) >= 11 is 0. The molecule has 3 heteroatoms. The molecule has 0 bridgehead atoms. The Labute approximate surface area is 94.3 Å². The highest BCUT2D eigenvalue weighted by atomic mass is 16.5. The van der Waals surface area contributed by atoms with Gasteiger partial charge in [0, 0.05) is 19.3 Å². The van der Waals surface area contributed by atoms with E-state index >= 15 is 0 Å². The fourth-order valence-corrected chi connectivity index (χ4v) is 1.24. The zero-order chi connectivity index (χ0) is 11.4. The number of nitrogens with two attached hydrogens (primary N) is 1. The third kappa shape index (κ3) is 13.9. The molecule has 0 saturated carbocycles. The number of ether oxygens (including phenoxy) is 2. The topological polar surface area (TPSA) is 44.5 Å². The molecule has 1 atom stereocenters. The average molecular weight is 217 g/mol. The van der Waals surface area contributed by atoms with Crippen molar-refractivity contribution in [3.05, 3.63) is 0 Å². The highest BCUT2D eigenvalue weighted by molar-refractivity contribution is 4.52. The lowest BCUT2D eigenvalue weighted by molar-refractivity contribution is 0.0452. The summed E-state index contributed by atoms with van der Waals surface area (Å²) in [6.45, 7) is 7.37. The molecular weight excluding hydrogens is 190 g/mol. The van der Waals surface area contributed by atoms with Crippen LogP contribution in [0, 0.1) is 0 Å². The van der Waals surface area contributed by atoms with Gasteiger partial charge in [-0.15, -0.1) is 0 Å². The van der Waals surface area contributed by atoms with Crippen molar-refractivity contribution < 1.29 is 9.47 Å². The summed E-state index contributed by atoms with van der Waals surface area (Å²) in [7, 11) is 0. The molecule has 0 heterocycles. The third-order valence-electron chi connectivity index (χ3n) is 2.21. The second-order valence-electron chi connectivity index (χ2n) is 4.05. The first kappa shape index (κ1) is 14.9. The predicted octanol–water partition coefficient (Wildman–Crippen LogP) is 2.34. The Morgan fingerprint density at radius 2 is 1.53 bits per heavy atom. The molecule has 0 fully saturated rings. The van der Waals surface area contributed by atoms with Gasteiger partial charge in [-0.3, -0.25) is 0 Å². The maximum absolute atomic E-state index is 5.64. The van der Waals surface area contributed by atoms with E-state index in [0.717, 1.165) is 52.1 Å². The number of unbranched alkanes of at least 4 members (excludes halogenated alkanes) is 2. The monoisotopic (exact) mass is 217 g/mol. The number of hydrogen-bond acceptors (Lipinski definition) is 3. The highest BCUT2D eigenvalue weighted by Crippen LogP contribution is 1.98. The summed E-state index contributed by atoms with van der Waals surface area (Å²) in [6, 6.07) is 0.322. The first-order valence-corrected chi connectivity index (χ1v) is 6.18. The van der Waals surface area contributed by atoms with Crippen LogP contribution in [0.25, 0.3) is 0 Å². The molecule has 2 N–H and O–H groups in total. The molecular formula is C12H27NO2. The van der Waals surface area contributed by atoms with Gasteiger partial charge >= 0.3 is 0 Å². The van der Waals surface area contributed by atoms with Crippen LogP contribution < -0.4 is 5.73 Å². The van der Waals surface area contributed by atoms with Crippen LogP contribution in [0.5, 0.6) is 0 Å². The Kier molecular flexibility index (Phi) is 11.9. The summed E-state index contributed by atoms with van der Waals surface area (Å²) < 4.78 is 10.8. The molecule has 0 aliphatic carbocycles. The molecule has 0 radical (unpaired) electrons. The molecule has 0 aromatic carbocycles. The van der Waals surface area contributed by atoms with Crippen LogP contribution in [0.15, 0.2) is 0 Å². The molecule has 1 unspecified atom stereocenters. The molecule has 92 valence electrons. The number of rotatable bonds is 11. The fraction of sp³-hybridized carbons (Fsp3) is 1.00. The van der Waals surface area contributed by atoms with Gasteiger partial charge in [0.2, 0.25) is 0 Å². The van der Waals surface area contributed by atoms with Crippen LogP contribution in [0.2, 0.25) is 0 Å². The van der Waals surface area contributed by atoms with Crippen LogP contribution in [-0.2, 0) is 9.47 Å². The van der Waals surface area contributed by atoms with E-state index in [1.54, 1.807) is 0 Å². The average Bonchev–Trinajstić information content (AvgIpc) is 2.20. The van der Waals surface area contributed by atoms with Crippen LogP contribution in [-0.4, -0.2) is 32.5 Å². The van der Waals surface area contributed by atoms with Gasteiger partial charge in [-0.05, 0) is 32.6 Å². The Bertz CT molecular complexity index is 118. The third-order valence-corrected chi connectivity index (χ3v) is 2.21. The van der Waals surface area contributed by atoms with Crippen molar-refractivity contribution in [3.63, 3.8) is 0 Å². The lowest BCUT2D eigenvalue weighted by Gasteiger charge is -2.06. The van der Waals surface area contributed by atoms with Crippen molar-refractivity contribution in [2.24, 2.45) is 5.73 Å². The molecule has 0 saturated heterocycles. The minimum Gasteiger partial charge on any atom is -0.379 e.